The molecule has 200 valence electrons. The minimum Gasteiger partial charge on any atom is -0.0887 e. The molecule has 2 aliphatic carbocycles. The second-order valence-electron chi connectivity index (χ2n) is 12.9. The predicted molar refractivity (Wildman–Crippen MR) is 161 cm³/mol. The monoisotopic (exact) mass is 480 g/mol. The van der Waals surface area contributed by atoms with Gasteiger partial charge in [0.25, 0.3) is 0 Å². The van der Waals surface area contributed by atoms with Gasteiger partial charge in [0.1, 0.15) is 0 Å². The third kappa shape index (κ3) is 13.5. The maximum Gasteiger partial charge on any atom is -0.00788 e. The number of allylic oxidation sites excluding steroid dienone is 10. The highest BCUT2D eigenvalue weighted by Gasteiger charge is 2.33. The van der Waals surface area contributed by atoms with Crippen molar-refractivity contribution in [1.82, 2.24) is 0 Å². The van der Waals surface area contributed by atoms with Crippen LogP contribution < -0.4 is 0 Å². The van der Waals surface area contributed by atoms with E-state index < -0.39 is 0 Å². The van der Waals surface area contributed by atoms with Crippen molar-refractivity contribution >= 4 is 0 Å². The van der Waals surface area contributed by atoms with Gasteiger partial charge in [-0.2, -0.15) is 0 Å². The molecule has 0 heteroatoms. The van der Waals surface area contributed by atoms with Gasteiger partial charge in [-0.1, -0.05) is 112 Å². The molecule has 0 N–H and O–H groups in total. The van der Waals surface area contributed by atoms with Crippen molar-refractivity contribution in [1.29, 1.82) is 0 Å². The van der Waals surface area contributed by atoms with Crippen molar-refractivity contribution in [2.24, 2.45) is 16.7 Å². The molecule has 1 unspecified atom stereocenters. The Bertz CT molecular complexity index is 770. The Balaban J connectivity index is 0.00000188. The van der Waals surface area contributed by atoms with Gasteiger partial charge >= 0.3 is 0 Å². The molecule has 1 saturated carbocycles. The molecule has 0 bridgehead atoms. The van der Waals surface area contributed by atoms with Crippen LogP contribution in [0.15, 0.2) is 58.2 Å². The normalized spacial score (nSPS) is 20.6. The molecule has 0 aliphatic heterocycles. The van der Waals surface area contributed by atoms with E-state index in [1.54, 1.807) is 16.7 Å². The molecule has 2 rings (SSSR count). The minimum atomic E-state index is 0.295. The summed E-state index contributed by atoms with van der Waals surface area (Å²) in [6, 6.07) is 0. The van der Waals surface area contributed by atoms with Crippen LogP contribution in [0.2, 0.25) is 0 Å². The van der Waals surface area contributed by atoms with Crippen LogP contribution in [-0.2, 0) is 0 Å². The Labute approximate surface area is 221 Å². The highest BCUT2D eigenvalue weighted by atomic mass is 14.4. The fourth-order valence-electron chi connectivity index (χ4n) is 4.69. The first-order chi connectivity index (χ1) is 16.4. The van der Waals surface area contributed by atoms with E-state index in [0.29, 0.717) is 16.7 Å². The van der Waals surface area contributed by atoms with Crippen LogP contribution in [-0.4, -0.2) is 0 Å². The molecular formula is C35H60. The fraction of sp³-hybridized carbons (Fsp3) is 0.714. The van der Waals surface area contributed by atoms with Crippen molar-refractivity contribution in [3.63, 3.8) is 0 Å². The third-order valence-corrected chi connectivity index (χ3v) is 8.55. The molecule has 0 aromatic carbocycles. The Morgan fingerprint density at radius 1 is 0.886 bits per heavy atom. The van der Waals surface area contributed by atoms with Gasteiger partial charge in [0.2, 0.25) is 0 Å². The number of hydrogen-bond donors (Lipinski definition) is 0. The van der Waals surface area contributed by atoms with E-state index in [1.807, 2.05) is 0 Å². The van der Waals surface area contributed by atoms with Crippen LogP contribution in [0, 0.1) is 16.7 Å². The molecule has 0 saturated heterocycles. The summed E-state index contributed by atoms with van der Waals surface area (Å²) in [6.45, 7) is 23.4. The van der Waals surface area contributed by atoms with Crippen molar-refractivity contribution in [3.05, 3.63) is 58.2 Å². The topological polar surface area (TPSA) is 0 Å². The van der Waals surface area contributed by atoms with E-state index in [0.717, 1.165) is 0 Å². The molecule has 0 heterocycles. The highest BCUT2D eigenvalue weighted by Crippen LogP contribution is 2.45. The Morgan fingerprint density at radius 3 is 2.00 bits per heavy atom. The second kappa shape index (κ2) is 15.7. The maximum atomic E-state index is 2.51. The summed E-state index contributed by atoms with van der Waals surface area (Å²) >= 11 is 0. The van der Waals surface area contributed by atoms with Crippen molar-refractivity contribution in [2.75, 3.05) is 0 Å². The molecule has 2 aliphatic rings. The predicted octanol–water partition coefficient (Wildman–Crippen LogP) is 12.1. The average Bonchev–Trinajstić information content (AvgIpc) is 3.66. The molecule has 0 aromatic heterocycles. The molecular weight excluding hydrogens is 420 g/mol. The Kier molecular flexibility index (Phi) is 14.3. The van der Waals surface area contributed by atoms with Crippen LogP contribution in [0.1, 0.15) is 146 Å². The zero-order valence-corrected chi connectivity index (χ0v) is 25.4. The van der Waals surface area contributed by atoms with Gasteiger partial charge in [-0.25, -0.2) is 0 Å². The molecule has 35 heavy (non-hydrogen) atoms. The molecule has 1 atom stereocenters. The summed E-state index contributed by atoms with van der Waals surface area (Å²) in [5, 5.41) is 0. The van der Waals surface area contributed by atoms with Crippen LogP contribution in [0.5, 0.6) is 0 Å². The van der Waals surface area contributed by atoms with Crippen molar-refractivity contribution in [3.8, 4) is 0 Å². The zero-order chi connectivity index (χ0) is 26.5. The number of rotatable bonds is 13. The van der Waals surface area contributed by atoms with Crippen molar-refractivity contribution in [2.45, 2.75) is 146 Å². The summed E-state index contributed by atoms with van der Waals surface area (Å²) in [5.74, 6) is 0.645. The standard InChI is InChI=1S/C32H54.C3H6/c1-11-25(2)15-12-16-26(3)17-13-18-27(4)19-14-23-31(7,8)24-22-30-21-20-28(5)29(6)32(30,9)10;1-2-3-1/h11,16,19-21,29H,12-15,17-18,22-24H2,1-10H3;1-3H2/b25-11-,26-16+,27-19+;. The lowest BCUT2D eigenvalue weighted by molar-refractivity contribution is 0.272. The summed E-state index contributed by atoms with van der Waals surface area (Å²) < 4.78 is 0. The minimum absolute atomic E-state index is 0.295. The molecule has 0 amide bonds. The largest absolute Gasteiger partial charge is 0.0887 e. The van der Waals surface area contributed by atoms with Gasteiger partial charge < -0.3 is 0 Å². The van der Waals surface area contributed by atoms with Crippen LogP contribution in [0.4, 0.5) is 0 Å². The van der Waals surface area contributed by atoms with E-state index in [2.05, 4.69) is 99.6 Å². The van der Waals surface area contributed by atoms with Gasteiger partial charge in [0.05, 0.1) is 0 Å². The fourth-order valence-corrected chi connectivity index (χ4v) is 4.69. The quantitative estimate of drug-likeness (QED) is 0.230. The molecule has 0 nitrogen and oxygen atoms in total. The third-order valence-electron chi connectivity index (χ3n) is 8.55. The van der Waals surface area contributed by atoms with Crippen LogP contribution in [0.3, 0.4) is 0 Å². The first-order valence-corrected chi connectivity index (χ1v) is 14.7. The van der Waals surface area contributed by atoms with Crippen LogP contribution in [0.25, 0.3) is 0 Å². The van der Waals surface area contributed by atoms with E-state index in [-0.39, 0.29) is 0 Å². The second-order valence-corrected chi connectivity index (χ2v) is 12.9. The SMILES string of the molecule is C/C=C(/C)CC/C=C(\C)CCC/C(C)=C/CCC(C)(C)CCC1=CC=C(C)C(C)C1(C)C.C1CC1. The van der Waals surface area contributed by atoms with Crippen molar-refractivity contribution < 1.29 is 0 Å². The molecule has 0 radical (unpaired) electrons. The van der Waals surface area contributed by atoms with Gasteiger partial charge in [0, 0.05) is 0 Å². The lowest BCUT2D eigenvalue weighted by atomic mass is 9.66. The van der Waals surface area contributed by atoms with E-state index >= 15 is 0 Å². The summed E-state index contributed by atoms with van der Waals surface area (Å²) in [4.78, 5) is 0. The van der Waals surface area contributed by atoms with E-state index in [4.69, 9.17) is 0 Å². The van der Waals surface area contributed by atoms with Gasteiger partial charge in [-0.05, 0) is 109 Å². The molecule has 0 spiro atoms. The number of hydrogen-bond acceptors (Lipinski definition) is 0. The summed E-state index contributed by atoms with van der Waals surface area (Å²) in [5.41, 5.74) is 8.48. The van der Waals surface area contributed by atoms with Gasteiger partial charge in [0.15, 0.2) is 0 Å². The first-order valence-electron chi connectivity index (χ1n) is 14.7. The van der Waals surface area contributed by atoms with Gasteiger partial charge in [-0.15, -0.1) is 0 Å². The highest BCUT2D eigenvalue weighted by molar-refractivity contribution is 5.31. The smallest absolute Gasteiger partial charge is 0.00788 e. The molecule has 1 fully saturated rings. The Morgan fingerprint density at radius 2 is 1.46 bits per heavy atom. The summed E-state index contributed by atoms with van der Waals surface area (Å²) in [6.07, 6.45) is 27.6. The lowest BCUT2D eigenvalue weighted by Crippen LogP contribution is -2.28. The van der Waals surface area contributed by atoms with E-state index in [9.17, 15) is 0 Å². The average molecular weight is 481 g/mol. The summed E-state index contributed by atoms with van der Waals surface area (Å²) in [7, 11) is 0. The maximum absolute atomic E-state index is 2.51. The van der Waals surface area contributed by atoms with E-state index in [1.165, 1.54) is 88.2 Å². The van der Waals surface area contributed by atoms with Crippen LogP contribution >= 0.6 is 0 Å². The lowest BCUT2D eigenvalue weighted by Gasteiger charge is -2.39. The molecule has 0 aromatic rings. The zero-order valence-electron chi connectivity index (χ0n) is 25.4. The first kappa shape index (κ1) is 31.7. The van der Waals surface area contributed by atoms with Gasteiger partial charge in [-0.3, -0.25) is 0 Å². The Hall–Kier alpha value is -1.30.